The molecule has 0 unspecified atom stereocenters. The number of pyridine rings is 2. The highest BCUT2D eigenvalue weighted by atomic mass is 16.5. The van der Waals surface area contributed by atoms with Crippen LogP contribution in [-0.2, 0) is 17.8 Å². The van der Waals surface area contributed by atoms with Gasteiger partial charge in [-0.25, -0.2) is 0 Å². The summed E-state index contributed by atoms with van der Waals surface area (Å²) in [4.78, 5) is 13.6. The minimum atomic E-state index is 0.842. The number of aryl methyl sites for hydroxylation is 1. The normalized spacial score (nSPS) is 15.0. The second kappa shape index (κ2) is 9.98. The van der Waals surface area contributed by atoms with Crippen LogP contribution in [0.25, 0.3) is 5.69 Å². The fourth-order valence-electron chi connectivity index (χ4n) is 4.19. The molecule has 3 aromatic rings. The van der Waals surface area contributed by atoms with Gasteiger partial charge in [-0.15, -0.1) is 0 Å². The Morgan fingerprint density at radius 1 is 1.00 bits per heavy atom. The van der Waals surface area contributed by atoms with E-state index in [2.05, 4.69) is 56.4 Å². The van der Waals surface area contributed by atoms with Crippen LogP contribution < -0.4 is 0 Å². The van der Waals surface area contributed by atoms with E-state index in [-0.39, 0.29) is 0 Å². The third-order valence-electron chi connectivity index (χ3n) is 5.80. The summed E-state index contributed by atoms with van der Waals surface area (Å²) in [6.45, 7) is 12.0. The molecule has 1 aliphatic rings. The molecule has 6 nitrogen and oxygen atoms in total. The van der Waals surface area contributed by atoms with Gasteiger partial charge in [-0.3, -0.25) is 19.8 Å². The lowest BCUT2D eigenvalue weighted by molar-refractivity contribution is 0.0325. The van der Waals surface area contributed by atoms with Gasteiger partial charge in [0.05, 0.1) is 25.1 Å². The monoisotopic (exact) mass is 405 g/mol. The Hall–Kier alpha value is -2.54. The van der Waals surface area contributed by atoms with Gasteiger partial charge in [0.25, 0.3) is 0 Å². The van der Waals surface area contributed by atoms with Crippen LogP contribution in [0.1, 0.15) is 22.5 Å². The van der Waals surface area contributed by atoms with Crippen molar-refractivity contribution in [3.63, 3.8) is 0 Å². The van der Waals surface area contributed by atoms with Gasteiger partial charge in [0, 0.05) is 69.2 Å². The molecule has 1 fully saturated rings. The number of hydrogen-bond acceptors (Lipinski definition) is 5. The third kappa shape index (κ3) is 5.14. The average molecular weight is 406 g/mol. The van der Waals surface area contributed by atoms with Gasteiger partial charge < -0.3 is 9.30 Å². The van der Waals surface area contributed by atoms with E-state index in [1.54, 1.807) is 0 Å². The fraction of sp³-hybridized carbons (Fsp3) is 0.417. The molecule has 0 aliphatic carbocycles. The van der Waals surface area contributed by atoms with E-state index >= 15 is 0 Å². The highest BCUT2D eigenvalue weighted by Crippen LogP contribution is 2.22. The number of morpholine rings is 1. The molecule has 1 saturated heterocycles. The van der Waals surface area contributed by atoms with Gasteiger partial charge in [0.1, 0.15) is 0 Å². The first-order chi connectivity index (χ1) is 14.7. The molecular weight excluding hydrogens is 374 g/mol. The molecule has 0 spiro atoms. The van der Waals surface area contributed by atoms with Crippen LogP contribution in [0.15, 0.2) is 55.1 Å². The minimum Gasteiger partial charge on any atom is -0.379 e. The van der Waals surface area contributed by atoms with Gasteiger partial charge in [-0.1, -0.05) is 6.07 Å². The summed E-state index contributed by atoms with van der Waals surface area (Å²) in [7, 11) is 0. The lowest BCUT2D eigenvalue weighted by Gasteiger charge is -2.30. The fourth-order valence-corrected chi connectivity index (χ4v) is 4.19. The van der Waals surface area contributed by atoms with Crippen LogP contribution in [0, 0.1) is 13.8 Å². The maximum atomic E-state index is 5.50. The van der Waals surface area contributed by atoms with Crippen molar-refractivity contribution in [1.29, 1.82) is 0 Å². The van der Waals surface area contributed by atoms with E-state index in [4.69, 9.17) is 4.74 Å². The van der Waals surface area contributed by atoms with Crippen molar-refractivity contribution >= 4 is 0 Å². The van der Waals surface area contributed by atoms with E-state index in [9.17, 15) is 0 Å². The standard InChI is InChI=1S/C24H31N5O/c1-20-15-23(21(2)29(20)24-6-4-8-26-17-24)19-28(18-22-5-3-7-25-16-22)10-9-27-11-13-30-14-12-27/h3-8,15-17H,9-14,18-19H2,1-2H3. The smallest absolute Gasteiger partial charge is 0.0638 e. The molecule has 0 atom stereocenters. The largest absolute Gasteiger partial charge is 0.379 e. The highest BCUT2D eigenvalue weighted by Gasteiger charge is 2.17. The Bertz CT molecular complexity index is 920. The Morgan fingerprint density at radius 2 is 1.77 bits per heavy atom. The number of rotatable bonds is 8. The van der Waals surface area contributed by atoms with Crippen molar-refractivity contribution in [2.75, 3.05) is 39.4 Å². The quantitative estimate of drug-likeness (QED) is 0.576. The molecule has 3 aromatic heterocycles. The summed E-state index contributed by atoms with van der Waals surface area (Å²) < 4.78 is 7.80. The zero-order valence-corrected chi connectivity index (χ0v) is 18.0. The molecule has 0 N–H and O–H groups in total. The lowest BCUT2D eigenvalue weighted by Crippen LogP contribution is -2.41. The van der Waals surface area contributed by atoms with Gasteiger partial charge in [-0.2, -0.15) is 0 Å². The number of aromatic nitrogens is 3. The summed E-state index contributed by atoms with van der Waals surface area (Å²) in [6, 6.07) is 10.6. The van der Waals surface area contributed by atoms with E-state index in [0.717, 1.165) is 58.2 Å². The molecule has 6 heteroatoms. The van der Waals surface area contributed by atoms with Gasteiger partial charge in [0.2, 0.25) is 0 Å². The van der Waals surface area contributed by atoms with Gasteiger partial charge >= 0.3 is 0 Å². The second-order valence-electron chi connectivity index (χ2n) is 7.97. The first-order valence-electron chi connectivity index (χ1n) is 10.7. The lowest BCUT2D eigenvalue weighted by atomic mass is 10.2. The molecule has 0 aromatic carbocycles. The van der Waals surface area contributed by atoms with E-state index in [0.29, 0.717) is 0 Å². The zero-order chi connectivity index (χ0) is 20.8. The number of hydrogen-bond donors (Lipinski definition) is 0. The van der Waals surface area contributed by atoms with E-state index in [1.165, 1.54) is 22.5 Å². The maximum Gasteiger partial charge on any atom is 0.0638 e. The molecule has 0 amide bonds. The summed E-state index contributed by atoms with van der Waals surface area (Å²) in [5, 5.41) is 0. The highest BCUT2D eigenvalue weighted by molar-refractivity contribution is 5.39. The SMILES string of the molecule is Cc1cc(CN(CCN2CCOCC2)Cc2cccnc2)c(C)n1-c1cccnc1. The summed E-state index contributed by atoms with van der Waals surface area (Å²) in [5.41, 5.74) is 6.25. The molecule has 158 valence electrons. The molecule has 1 aliphatic heterocycles. The topological polar surface area (TPSA) is 46.4 Å². The first kappa shape index (κ1) is 20.7. The molecule has 30 heavy (non-hydrogen) atoms. The predicted octanol–water partition coefficient (Wildman–Crippen LogP) is 3.22. The van der Waals surface area contributed by atoms with Crippen molar-refractivity contribution in [2.24, 2.45) is 0 Å². The van der Waals surface area contributed by atoms with Crippen LogP contribution in [0.2, 0.25) is 0 Å². The maximum absolute atomic E-state index is 5.50. The number of ether oxygens (including phenoxy) is 1. The van der Waals surface area contributed by atoms with Crippen LogP contribution >= 0.6 is 0 Å². The van der Waals surface area contributed by atoms with Crippen molar-refractivity contribution in [2.45, 2.75) is 26.9 Å². The molecule has 0 radical (unpaired) electrons. The van der Waals surface area contributed by atoms with Crippen LogP contribution in [0.4, 0.5) is 0 Å². The second-order valence-corrected chi connectivity index (χ2v) is 7.97. The summed E-state index contributed by atoms with van der Waals surface area (Å²) in [6.07, 6.45) is 7.55. The van der Waals surface area contributed by atoms with Crippen molar-refractivity contribution < 1.29 is 4.74 Å². The molecule has 0 bridgehead atoms. The molecule has 4 heterocycles. The van der Waals surface area contributed by atoms with Gasteiger partial charge in [0.15, 0.2) is 0 Å². The Morgan fingerprint density at radius 3 is 2.47 bits per heavy atom. The average Bonchev–Trinajstić information content (AvgIpc) is 3.07. The molecule has 4 rings (SSSR count). The van der Waals surface area contributed by atoms with Crippen molar-refractivity contribution in [3.8, 4) is 5.69 Å². The van der Waals surface area contributed by atoms with Gasteiger partial charge in [-0.05, 0) is 49.2 Å². The van der Waals surface area contributed by atoms with Crippen LogP contribution in [-0.4, -0.2) is 63.7 Å². The van der Waals surface area contributed by atoms with Crippen LogP contribution in [0.3, 0.4) is 0 Å². The van der Waals surface area contributed by atoms with Crippen LogP contribution in [0.5, 0.6) is 0 Å². The first-order valence-corrected chi connectivity index (χ1v) is 10.7. The summed E-state index contributed by atoms with van der Waals surface area (Å²) >= 11 is 0. The molecule has 0 saturated carbocycles. The summed E-state index contributed by atoms with van der Waals surface area (Å²) in [5.74, 6) is 0. The molecular formula is C24H31N5O. The number of nitrogens with zero attached hydrogens (tertiary/aromatic N) is 5. The van der Waals surface area contributed by atoms with Crippen molar-refractivity contribution in [1.82, 2.24) is 24.3 Å². The van der Waals surface area contributed by atoms with E-state index in [1.807, 2.05) is 36.9 Å². The Labute approximate surface area is 179 Å². The predicted molar refractivity (Wildman–Crippen MR) is 119 cm³/mol. The van der Waals surface area contributed by atoms with E-state index < -0.39 is 0 Å². The van der Waals surface area contributed by atoms with Crippen molar-refractivity contribution in [3.05, 3.63) is 77.6 Å². The Balaban J connectivity index is 1.52. The minimum absolute atomic E-state index is 0.842. The Kier molecular flexibility index (Phi) is 6.89. The third-order valence-corrected chi connectivity index (χ3v) is 5.80. The zero-order valence-electron chi connectivity index (χ0n) is 18.0.